The summed E-state index contributed by atoms with van der Waals surface area (Å²) in [5.74, 6) is 5.19. The predicted octanol–water partition coefficient (Wildman–Crippen LogP) is 7.86. The van der Waals surface area contributed by atoms with Gasteiger partial charge in [-0.15, -0.1) is 0 Å². The first-order valence-corrected chi connectivity index (χ1v) is 12.2. The number of ether oxygens (including phenoxy) is 1. The van der Waals surface area contributed by atoms with E-state index in [9.17, 15) is 9.18 Å². The molecule has 34 heavy (non-hydrogen) atoms. The Morgan fingerprint density at radius 1 is 0.824 bits per heavy atom. The molecule has 0 saturated heterocycles. The molecule has 1 atom stereocenters. The van der Waals surface area contributed by atoms with Crippen molar-refractivity contribution in [2.45, 2.75) is 19.4 Å². The largest absolute Gasteiger partial charge is 0.443 e. The second-order valence-electron chi connectivity index (χ2n) is 8.48. The molecule has 5 aromatic rings. The number of benzene rings is 4. The summed E-state index contributed by atoms with van der Waals surface area (Å²) in [5.41, 5.74) is 0.146. The van der Waals surface area contributed by atoms with Crippen LogP contribution < -0.4 is 0 Å². The molecule has 0 fully saturated rings. The lowest BCUT2D eigenvalue weighted by Gasteiger charge is -2.18. The van der Waals surface area contributed by atoms with Gasteiger partial charge in [0.25, 0.3) is 0 Å². The quantitative estimate of drug-likeness (QED) is 0.154. The molecule has 0 aliphatic carbocycles. The van der Waals surface area contributed by atoms with Crippen LogP contribution in [0, 0.1) is 17.7 Å². The molecule has 0 radical (unpaired) electrons. The Hall–Kier alpha value is -3.94. The Balaban J connectivity index is 1.50. The lowest BCUT2D eigenvalue weighted by atomic mass is 10.1. The first kappa shape index (κ1) is 21.9. The smallest absolute Gasteiger partial charge is 0.339 e. The molecule has 0 aliphatic heterocycles. The van der Waals surface area contributed by atoms with Crippen LogP contribution in [0.4, 0.5) is 4.39 Å². The minimum Gasteiger partial charge on any atom is -0.443 e. The van der Waals surface area contributed by atoms with Crippen molar-refractivity contribution in [1.82, 2.24) is 0 Å². The highest BCUT2D eigenvalue weighted by Crippen LogP contribution is 2.48. The molecule has 166 valence electrons. The van der Waals surface area contributed by atoms with Gasteiger partial charge < -0.3 is 4.74 Å². The average Bonchev–Trinajstić information content (AvgIpc) is 3.18. The predicted molar refractivity (Wildman–Crippen MR) is 138 cm³/mol. The van der Waals surface area contributed by atoms with E-state index in [4.69, 9.17) is 4.74 Å². The van der Waals surface area contributed by atoms with Crippen molar-refractivity contribution in [1.29, 1.82) is 0 Å². The number of fused-ring (bicyclic) bond motifs is 3. The summed E-state index contributed by atoms with van der Waals surface area (Å²) >= 11 is 0. The number of rotatable bonds is 3. The number of hydrogen-bond donors (Lipinski definition) is 0. The number of halogens is 1. The molecule has 0 bridgehead atoms. The topological polar surface area (TPSA) is 26.3 Å². The van der Waals surface area contributed by atoms with E-state index in [-0.39, 0.29) is 16.3 Å². The average molecular weight is 466 g/mol. The Morgan fingerprint density at radius 3 is 2.26 bits per heavy atom. The fourth-order valence-electron chi connectivity index (χ4n) is 3.91. The van der Waals surface area contributed by atoms with Gasteiger partial charge in [-0.05, 0) is 80.6 Å². The zero-order chi connectivity index (χ0) is 23.7. The molecule has 1 unspecified atom stereocenters. The molecular formula is C30H22FO2S+. The summed E-state index contributed by atoms with van der Waals surface area (Å²) in [5, 5.41) is 2.21. The Morgan fingerprint density at radius 2 is 1.50 bits per heavy atom. The van der Waals surface area contributed by atoms with E-state index >= 15 is 0 Å². The maximum atomic E-state index is 13.1. The number of hydrogen-bond acceptors (Lipinski definition) is 2. The molecule has 4 heteroatoms. The van der Waals surface area contributed by atoms with Crippen LogP contribution in [0.3, 0.4) is 0 Å². The molecule has 0 spiro atoms. The highest BCUT2D eigenvalue weighted by Gasteiger charge is 2.26. The van der Waals surface area contributed by atoms with Gasteiger partial charge in [-0.25, -0.2) is 9.18 Å². The van der Waals surface area contributed by atoms with Crippen LogP contribution >= 0.6 is 10.5 Å². The van der Waals surface area contributed by atoms with Gasteiger partial charge in [-0.3, -0.25) is 0 Å². The van der Waals surface area contributed by atoms with Gasteiger partial charge in [0.15, 0.2) is 19.9 Å². The summed E-state index contributed by atoms with van der Waals surface area (Å²) in [7, 11) is -0.208. The summed E-state index contributed by atoms with van der Waals surface area (Å²) < 4.78 is 21.3. The minimum absolute atomic E-state index is 0.208. The van der Waals surface area contributed by atoms with Gasteiger partial charge in [-0.2, -0.15) is 0 Å². The van der Waals surface area contributed by atoms with E-state index < -0.39 is 11.6 Å². The van der Waals surface area contributed by atoms with E-state index in [1.54, 1.807) is 26.0 Å². The van der Waals surface area contributed by atoms with Crippen LogP contribution in [-0.4, -0.2) is 11.6 Å². The van der Waals surface area contributed by atoms with Crippen LogP contribution in [0.5, 0.6) is 0 Å². The third kappa shape index (κ3) is 4.31. The second kappa shape index (κ2) is 8.78. The zero-order valence-electron chi connectivity index (χ0n) is 18.8. The third-order valence-electron chi connectivity index (χ3n) is 5.51. The fourth-order valence-corrected chi connectivity index (χ4v) is 6.29. The van der Waals surface area contributed by atoms with Gasteiger partial charge in [0.05, 0.1) is 5.56 Å². The number of carbonyl (C=O) groups is 1. The number of thiophene rings is 1. The molecule has 0 saturated carbocycles. The maximum Gasteiger partial charge on any atom is 0.339 e. The molecule has 5 rings (SSSR count). The van der Waals surface area contributed by atoms with Gasteiger partial charge >= 0.3 is 5.97 Å². The van der Waals surface area contributed by atoms with Gasteiger partial charge in [0.1, 0.15) is 5.82 Å². The fraction of sp³-hybridized carbons (Fsp3) is 0.100. The molecule has 2 nitrogen and oxygen atoms in total. The Kier molecular flexibility index (Phi) is 5.65. The van der Waals surface area contributed by atoms with Crippen LogP contribution in [0.2, 0.25) is 0 Å². The summed E-state index contributed by atoms with van der Waals surface area (Å²) in [6, 6.07) is 30.5. The van der Waals surface area contributed by atoms with E-state index in [0.29, 0.717) is 11.1 Å². The van der Waals surface area contributed by atoms with E-state index in [2.05, 4.69) is 54.3 Å². The molecule has 4 aromatic carbocycles. The van der Waals surface area contributed by atoms with Gasteiger partial charge in [0, 0.05) is 26.8 Å². The van der Waals surface area contributed by atoms with E-state index in [0.717, 1.165) is 10.8 Å². The normalized spacial score (nSPS) is 11.8. The second-order valence-corrected chi connectivity index (χ2v) is 10.4. The lowest BCUT2D eigenvalue weighted by Crippen LogP contribution is -2.26. The Labute approximate surface area is 200 Å². The van der Waals surface area contributed by atoms with Crippen LogP contribution in [-0.2, 0) is 4.74 Å². The molecule has 1 heterocycles. The summed E-state index contributed by atoms with van der Waals surface area (Å²) in [4.78, 5) is 14.3. The van der Waals surface area contributed by atoms with Crippen molar-refractivity contribution in [3.63, 3.8) is 0 Å². The minimum atomic E-state index is -1.00. The monoisotopic (exact) mass is 465 g/mol. The standard InChI is InChI=1S/C30H22FO2S/c1-30(2,19-18-21-12-15-23(31)16-13-21)33-29(32)22-14-17-28-26(20-22)25-10-6-7-11-27(25)34(28)24-8-4-3-5-9-24/h3-17,20H,1-2H3/q+1. The highest BCUT2D eigenvalue weighted by molar-refractivity contribution is 7.50. The first-order valence-electron chi connectivity index (χ1n) is 11.0. The van der Waals surface area contributed by atoms with Crippen molar-refractivity contribution in [2.24, 2.45) is 0 Å². The third-order valence-corrected chi connectivity index (χ3v) is 7.85. The SMILES string of the molecule is CC(C)(C#Cc1ccc(F)cc1)OC(=O)c1ccc2c(c1)c1ccccc1[s+]2-c1ccccc1. The summed E-state index contributed by atoms with van der Waals surface area (Å²) in [6.45, 7) is 3.49. The Bertz CT molecular complexity index is 1570. The summed E-state index contributed by atoms with van der Waals surface area (Å²) in [6.07, 6.45) is 0. The van der Waals surface area contributed by atoms with E-state index in [1.807, 2.05) is 30.3 Å². The maximum absolute atomic E-state index is 13.1. The van der Waals surface area contributed by atoms with Crippen molar-refractivity contribution < 1.29 is 13.9 Å². The van der Waals surface area contributed by atoms with Crippen molar-refractivity contribution in [3.05, 3.63) is 114 Å². The molecular weight excluding hydrogens is 443 g/mol. The van der Waals surface area contributed by atoms with Crippen molar-refractivity contribution in [2.75, 3.05) is 0 Å². The first-order chi connectivity index (χ1) is 16.4. The van der Waals surface area contributed by atoms with Gasteiger partial charge in [0.2, 0.25) is 0 Å². The van der Waals surface area contributed by atoms with Crippen LogP contribution in [0.15, 0.2) is 97.1 Å². The molecule has 0 N–H and O–H groups in total. The van der Waals surface area contributed by atoms with Crippen molar-refractivity contribution in [3.8, 4) is 16.7 Å². The molecule has 0 amide bonds. The zero-order valence-corrected chi connectivity index (χ0v) is 19.7. The van der Waals surface area contributed by atoms with Crippen molar-refractivity contribution >= 4 is 36.6 Å². The van der Waals surface area contributed by atoms with E-state index in [1.165, 1.54) is 26.4 Å². The molecule has 0 aliphatic rings. The molecule has 1 aromatic heterocycles. The van der Waals surface area contributed by atoms with Gasteiger partial charge in [-0.1, -0.05) is 42.2 Å². The van der Waals surface area contributed by atoms with Crippen LogP contribution in [0.25, 0.3) is 25.1 Å². The number of carbonyl (C=O) groups excluding carboxylic acids is 1. The highest BCUT2D eigenvalue weighted by atomic mass is 32.2. The van der Waals surface area contributed by atoms with Crippen LogP contribution in [0.1, 0.15) is 29.8 Å². The number of esters is 1. The lowest BCUT2D eigenvalue weighted by molar-refractivity contribution is 0.0204.